The molecule has 0 aliphatic heterocycles. The van der Waals surface area contributed by atoms with Gasteiger partial charge in [0, 0.05) is 52.4 Å². The van der Waals surface area contributed by atoms with Gasteiger partial charge >= 0.3 is 0 Å². The van der Waals surface area contributed by atoms with Crippen LogP contribution in [0.5, 0.6) is 0 Å². The van der Waals surface area contributed by atoms with Gasteiger partial charge in [0.1, 0.15) is 0 Å². The molecule has 0 radical (unpaired) electrons. The van der Waals surface area contributed by atoms with Crippen molar-refractivity contribution in [1.82, 2.24) is 0 Å². The predicted octanol–water partition coefficient (Wildman–Crippen LogP) is 16.2. The summed E-state index contributed by atoms with van der Waals surface area (Å²) < 4.78 is 38.0. The Bertz CT molecular complexity index is 748. The molecule has 3 nitrogen and oxygen atoms in total. The summed E-state index contributed by atoms with van der Waals surface area (Å²) in [6, 6.07) is 0. The van der Waals surface area contributed by atoms with Gasteiger partial charge in [-0.25, -0.2) is 0 Å². The molecule has 0 aromatic carbocycles. The van der Waals surface area contributed by atoms with Crippen molar-refractivity contribution in [2.45, 2.75) is 247 Å². The maximum absolute atomic E-state index is 12.7. The zero-order valence-corrected chi connectivity index (χ0v) is 37.9. The lowest BCUT2D eigenvalue weighted by Gasteiger charge is -2.26. The van der Waals surface area contributed by atoms with Crippen LogP contribution >= 0.6 is 21.4 Å². The van der Waals surface area contributed by atoms with Crippen LogP contribution in [-0.4, -0.2) is 52.4 Å². The Balaban J connectivity index is -0.000000618. The highest BCUT2D eigenvalue weighted by Crippen LogP contribution is 2.57. The number of unbranched alkanes of at least 4 members (excludes halogenated alkanes) is 14. The van der Waals surface area contributed by atoms with E-state index < -0.39 is 21.4 Å². The zero-order chi connectivity index (χ0) is 37.1. The van der Waals surface area contributed by atoms with Gasteiger partial charge in [-0.2, -0.15) is 0 Å². The number of hydrogen-bond donors (Lipinski definition) is 0. The van der Waals surface area contributed by atoms with Crippen LogP contribution in [0.25, 0.3) is 0 Å². The summed E-state index contributed by atoms with van der Waals surface area (Å²) in [5.74, 6) is 0. The van der Waals surface area contributed by atoms with Crippen molar-refractivity contribution in [3.8, 4) is 0 Å². The van der Waals surface area contributed by atoms with Crippen LogP contribution < -0.4 is 0 Å². The minimum Gasteiger partial charge on any atom is -0.323 e. The van der Waals surface area contributed by atoms with Crippen LogP contribution in [0, 0.1) is 0 Å². The Hall–Kier alpha value is 0.690. The maximum atomic E-state index is 12.7. The van der Waals surface area contributed by atoms with Gasteiger partial charge in [-0.3, -0.25) is 0 Å². The molecule has 0 heterocycles. The van der Waals surface area contributed by atoms with Crippen molar-refractivity contribution in [3.05, 3.63) is 0 Å². The molecule has 0 aromatic rings. The fourth-order valence-corrected chi connectivity index (χ4v) is 15.4. The Morgan fingerprint density at radius 3 is 0.574 bits per heavy atom. The minimum absolute atomic E-state index is 0.364. The number of hydrogen-bond acceptors (Lipinski definition) is 3. The second-order valence-electron chi connectivity index (χ2n) is 16.2. The van der Waals surface area contributed by atoms with Crippen LogP contribution in [0.4, 0.5) is 0 Å². The minimum atomic E-state index is -1.92. The van der Waals surface area contributed by atoms with Gasteiger partial charge in [0.15, 0.2) is 0 Å². The van der Waals surface area contributed by atoms with Crippen LogP contribution in [0.1, 0.15) is 213 Å². The SMILES string of the molecule is CCCCCCCCP(=O)(C(C)C)C(C)C.CCCCCCCCP(=O)(C(C)C)C(C)C.CCCCCCCP(=O)(C(C)C)C(C)C. The summed E-state index contributed by atoms with van der Waals surface area (Å²) in [5, 5.41) is 0. The quantitative estimate of drug-likeness (QED) is 0.0659. The molecule has 0 aliphatic rings. The van der Waals surface area contributed by atoms with Crippen molar-refractivity contribution in [3.63, 3.8) is 0 Å². The first-order chi connectivity index (χ1) is 21.8. The van der Waals surface area contributed by atoms with Crippen molar-refractivity contribution in [2.24, 2.45) is 0 Å². The predicted molar refractivity (Wildman–Crippen MR) is 224 cm³/mol. The third-order valence-electron chi connectivity index (χ3n) is 10.6. The molecule has 0 aliphatic carbocycles. The maximum Gasteiger partial charge on any atom is 0.0925 e. The summed E-state index contributed by atoms with van der Waals surface area (Å²) in [6.45, 7) is 32.2. The van der Waals surface area contributed by atoms with Gasteiger partial charge in [-0.15, -0.1) is 0 Å². The summed E-state index contributed by atoms with van der Waals surface area (Å²) in [7, 11) is -5.75. The molecule has 0 rings (SSSR count). The highest BCUT2D eigenvalue weighted by molar-refractivity contribution is 7.65. The molecule has 0 atom stereocenters. The van der Waals surface area contributed by atoms with E-state index in [4.69, 9.17) is 0 Å². The van der Waals surface area contributed by atoms with Gasteiger partial charge in [-0.05, 0) is 19.3 Å². The first kappa shape index (κ1) is 52.1. The smallest absolute Gasteiger partial charge is 0.0925 e. The van der Waals surface area contributed by atoms with Crippen molar-refractivity contribution in [1.29, 1.82) is 0 Å². The van der Waals surface area contributed by atoms with Crippen LogP contribution in [0.15, 0.2) is 0 Å². The van der Waals surface area contributed by atoms with E-state index in [2.05, 4.69) is 104 Å². The second kappa shape index (κ2) is 30.3. The molecule has 6 heteroatoms. The molecule has 0 spiro atoms. The van der Waals surface area contributed by atoms with Crippen LogP contribution in [0.2, 0.25) is 0 Å². The average molecular weight is 725 g/mol. The molecular weight excluding hydrogens is 633 g/mol. The summed E-state index contributed by atoms with van der Waals surface area (Å²) >= 11 is 0. The fraction of sp³-hybridized carbons (Fsp3) is 1.00. The molecule has 0 amide bonds. The Labute approximate surface area is 299 Å². The topological polar surface area (TPSA) is 51.2 Å². The average Bonchev–Trinajstić information content (AvgIpc) is 3.00. The van der Waals surface area contributed by atoms with Crippen LogP contribution in [0.3, 0.4) is 0 Å². The van der Waals surface area contributed by atoms with E-state index in [-0.39, 0.29) is 0 Å². The van der Waals surface area contributed by atoms with Gasteiger partial charge in [-0.1, -0.05) is 194 Å². The third-order valence-corrected chi connectivity index (χ3v) is 24.1. The lowest BCUT2D eigenvalue weighted by atomic mass is 10.1. The lowest BCUT2D eigenvalue weighted by Crippen LogP contribution is -2.11. The summed E-state index contributed by atoms with van der Waals surface area (Å²) in [6.07, 6.45) is 24.8. The molecular formula is C41H91O3P3. The molecule has 0 fully saturated rings. The van der Waals surface area contributed by atoms with Gasteiger partial charge < -0.3 is 13.7 Å². The normalized spacial score (nSPS) is 12.7. The summed E-state index contributed by atoms with van der Waals surface area (Å²) in [4.78, 5) is 0. The van der Waals surface area contributed by atoms with Crippen molar-refractivity contribution >= 4 is 21.4 Å². The Morgan fingerprint density at radius 2 is 0.426 bits per heavy atom. The Morgan fingerprint density at radius 1 is 0.277 bits per heavy atom. The highest BCUT2D eigenvalue weighted by atomic mass is 31.2. The zero-order valence-electron chi connectivity index (χ0n) is 35.2. The monoisotopic (exact) mass is 725 g/mol. The van der Waals surface area contributed by atoms with Crippen molar-refractivity contribution in [2.75, 3.05) is 18.5 Å². The van der Waals surface area contributed by atoms with Gasteiger partial charge in [0.05, 0.1) is 21.4 Å². The van der Waals surface area contributed by atoms with Crippen molar-refractivity contribution < 1.29 is 13.7 Å². The molecule has 0 N–H and O–H groups in total. The second-order valence-corrected chi connectivity index (χ2v) is 28.9. The van der Waals surface area contributed by atoms with Gasteiger partial charge in [0.25, 0.3) is 0 Å². The van der Waals surface area contributed by atoms with E-state index in [9.17, 15) is 13.7 Å². The summed E-state index contributed by atoms with van der Waals surface area (Å²) in [5.41, 5.74) is 2.19. The van der Waals surface area contributed by atoms with Crippen LogP contribution in [-0.2, 0) is 13.7 Å². The first-order valence-electron chi connectivity index (χ1n) is 20.6. The van der Waals surface area contributed by atoms with E-state index in [1.54, 1.807) is 0 Å². The molecule has 0 aromatic heterocycles. The van der Waals surface area contributed by atoms with E-state index in [0.29, 0.717) is 34.0 Å². The molecule has 0 saturated heterocycles. The molecule has 288 valence electrons. The highest BCUT2D eigenvalue weighted by Gasteiger charge is 2.31. The molecule has 0 unspecified atom stereocenters. The van der Waals surface area contributed by atoms with Gasteiger partial charge in [0.2, 0.25) is 0 Å². The largest absolute Gasteiger partial charge is 0.323 e. The fourth-order valence-electron chi connectivity index (χ4n) is 6.58. The standard InChI is InChI=1S/2C14H31OP.C13H29OP/c2*1-6-7-8-9-10-11-12-16(15,13(2)3)14(4)5;1-6-7-8-9-10-11-15(14,12(2)3)13(4)5/h2*13-14H,6-12H2,1-5H3;12-13H,6-11H2,1-5H3. The molecule has 47 heavy (non-hydrogen) atoms. The van der Waals surface area contributed by atoms with E-state index in [1.165, 1.54) is 89.9 Å². The molecule has 0 saturated carbocycles. The molecule has 0 bridgehead atoms. The Kier molecular flexibility index (Phi) is 33.6. The first-order valence-corrected chi connectivity index (χ1v) is 26.7. The lowest BCUT2D eigenvalue weighted by molar-refractivity contribution is 0.554. The number of rotatable bonds is 26. The third kappa shape index (κ3) is 23.7. The van der Waals surface area contributed by atoms with E-state index >= 15 is 0 Å². The van der Waals surface area contributed by atoms with E-state index in [1.807, 2.05) is 0 Å². The van der Waals surface area contributed by atoms with E-state index in [0.717, 1.165) is 37.7 Å².